The van der Waals surface area contributed by atoms with E-state index in [0.29, 0.717) is 18.2 Å². The van der Waals surface area contributed by atoms with Gasteiger partial charge in [0, 0.05) is 24.6 Å². The van der Waals surface area contributed by atoms with Gasteiger partial charge in [0.1, 0.15) is 11.8 Å². The molecule has 1 N–H and O–H groups in total. The van der Waals surface area contributed by atoms with Crippen LogP contribution in [0.25, 0.3) is 0 Å². The van der Waals surface area contributed by atoms with Gasteiger partial charge in [-0.3, -0.25) is 14.9 Å². The largest absolute Gasteiger partial charge is 0.331 e. The van der Waals surface area contributed by atoms with Crippen LogP contribution < -0.4 is 5.32 Å². The van der Waals surface area contributed by atoms with Crippen LogP contribution in [-0.2, 0) is 16.0 Å². The maximum atomic E-state index is 12.9. The van der Waals surface area contributed by atoms with Gasteiger partial charge in [-0.1, -0.05) is 24.3 Å². The third-order valence-corrected chi connectivity index (χ3v) is 7.41. The summed E-state index contributed by atoms with van der Waals surface area (Å²) in [7, 11) is 0. The maximum Gasteiger partial charge on any atom is 0.242 e. The summed E-state index contributed by atoms with van der Waals surface area (Å²) in [5.41, 5.74) is 2.72. The fraction of sp³-hybridized carbons (Fsp3) is 0.556. The third kappa shape index (κ3) is 3.11. The van der Waals surface area contributed by atoms with E-state index in [-0.39, 0.29) is 23.0 Å². The minimum absolute atomic E-state index is 0.107. The molecule has 3 atom stereocenters. The van der Waals surface area contributed by atoms with E-state index >= 15 is 0 Å². The molecular formula is C18H22N2O2S2. The zero-order valence-corrected chi connectivity index (χ0v) is 15.2. The molecule has 3 unspecified atom stereocenters. The van der Waals surface area contributed by atoms with Gasteiger partial charge in [0.2, 0.25) is 5.91 Å². The van der Waals surface area contributed by atoms with Crippen molar-refractivity contribution in [3.63, 3.8) is 0 Å². The Bertz CT molecular complexity index is 646. The number of amides is 1. The Morgan fingerprint density at radius 2 is 2.17 bits per heavy atom. The van der Waals surface area contributed by atoms with E-state index in [0.717, 1.165) is 31.0 Å². The summed E-state index contributed by atoms with van der Waals surface area (Å²) in [5.74, 6) is 3.12. The Hall–Kier alpha value is -0.980. The predicted molar refractivity (Wildman–Crippen MR) is 99.3 cm³/mol. The van der Waals surface area contributed by atoms with Crippen LogP contribution in [0, 0.1) is 0 Å². The molecule has 2 saturated heterocycles. The molecule has 0 saturated carbocycles. The lowest BCUT2D eigenvalue weighted by Gasteiger charge is -2.23. The second-order valence-electron chi connectivity index (χ2n) is 6.66. The van der Waals surface area contributed by atoms with Gasteiger partial charge in [-0.25, -0.2) is 0 Å². The van der Waals surface area contributed by atoms with Crippen molar-refractivity contribution in [3.05, 3.63) is 35.4 Å². The van der Waals surface area contributed by atoms with Crippen molar-refractivity contribution in [2.45, 2.75) is 36.5 Å². The first-order valence-electron chi connectivity index (χ1n) is 8.56. The quantitative estimate of drug-likeness (QED) is 0.890. The molecule has 3 aliphatic rings. The van der Waals surface area contributed by atoms with E-state index in [2.05, 4.69) is 29.6 Å². The predicted octanol–water partition coefficient (Wildman–Crippen LogP) is 2.24. The van der Waals surface area contributed by atoms with Crippen LogP contribution in [0.4, 0.5) is 0 Å². The molecule has 4 nitrogen and oxygen atoms in total. The van der Waals surface area contributed by atoms with Gasteiger partial charge in [-0.15, -0.1) is 23.5 Å². The van der Waals surface area contributed by atoms with Crippen LogP contribution in [0.3, 0.4) is 0 Å². The van der Waals surface area contributed by atoms with E-state index in [1.54, 1.807) is 23.5 Å². The molecule has 1 aliphatic carbocycles. The molecule has 4 rings (SSSR count). The first kappa shape index (κ1) is 16.5. The highest BCUT2D eigenvalue weighted by Crippen LogP contribution is 2.37. The van der Waals surface area contributed by atoms with Gasteiger partial charge >= 0.3 is 0 Å². The zero-order valence-electron chi connectivity index (χ0n) is 13.6. The standard InChI is InChI=1S/C18H22N2O2S2/c21-15(9-13-6-5-12-3-1-2-4-14(12)13)17-16(19-10-24-17)18(22)20-7-8-23-11-20/h1-4,13,16-17,19H,5-11H2. The molecule has 128 valence electrons. The Kier molecular flexibility index (Phi) is 4.88. The fourth-order valence-electron chi connectivity index (χ4n) is 3.93. The van der Waals surface area contributed by atoms with Crippen molar-refractivity contribution in [1.82, 2.24) is 10.2 Å². The Labute approximate surface area is 151 Å². The summed E-state index contributed by atoms with van der Waals surface area (Å²) < 4.78 is 0. The smallest absolute Gasteiger partial charge is 0.242 e. The molecule has 2 heterocycles. The van der Waals surface area contributed by atoms with Crippen LogP contribution in [-0.4, -0.2) is 51.9 Å². The summed E-state index contributed by atoms with van der Waals surface area (Å²) in [6.45, 7) is 0.809. The number of carbonyl (C=O) groups is 2. The molecule has 1 amide bonds. The zero-order chi connectivity index (χ0) is 16.5. The number of rotatable bonds is 4. The molecular weight excluding hydrogens is 340 g/mol. The van der Waals surface area contributed by atoms with E-state index in [9.17, 15) is 9.59 Å². The van der Waals surface area contributed by atoms with Crippen molar-refractivity contribution in [1.29, 1.82) is 0 Å². The lowest BCUT2D eigenvalue weighted by atomic mass is 9.93. The van der Waals surface area contributed by atoms with Gasteiger partial charge in [-0.2, -0.15) is 0 Å². The average Bonchev–Trinajstić information content (AvgIpc) is 3.35. The maximum absolute atomic E-state index is 12.9. The third-order valence-electron chi connectivity index (χ3n) is 5.22. The number of aryl methyl sites for hydroxylation is 1. The van der Waals surface area contributed by atoms with Crippen LogP contribution in [0.1, 0.15) is 29.9 Å². The fourth-order valence-corrected chi connectivity index (χ4v) is 6.03. The number of carbonyl (C=O) groups excluding carboxylic acids is 2. The van der Waals surface area contributed by atoms with Gasteiger partial charge in [-0.05, 0) is 29.9 Å². The molecule has 6 heteroatoms. The summed E-state index contributed by atoms with van der Waals surface area (Å²) in [6, 6.07) is 8.12. The number of hydrogen-bond donors (Lipinski definition) is 1. The molecule has 2 aliphatic heterocycles. The average molecular weight is 363 g/mol. The summed E-state index contributed by atoms with van der Waals surface area (Å²) in [6.07, 6.45) is 2.68. The number of hydrogen-bond acceptors (Lipinski definition) is 5. The Morgan fingerprint density at radius 1 is 1.29 bits per heavy atom. The van der Waals surface area contributed by atoms with E-state index in [1.807, 2.05) is 4.90 Å². The number of nitrogens with zero attached hydrogens (tertiary/aromatic N) is 1. The highest BCUT2D eigenvalue weighted by molar-refractivity contribution is 8.01. The van der Waals surface area contributed by atoms with Crippen molar-refractivity contribution in [2.24, 2.45) is 0 Å². The summed E-state index contributed by atoms with van der Waals surface area (Å²) in [5, 5.41) is 3.02. The molecule has 0 bridgehead atoms. The molecule has 1 aromatic carbocycles. The second kappa shape index (κ2) is 7.10. The molecule has 2 fully saturated rings. The van der Waals surface area contributed by atoms with Crippen molar-refractivity contribution in [2.75, 3.05) is 24.1 Å². The van der Waals surface area contributed by atoms with Crippen LogP contribution in [0.2, 0.25) is 0 Å². The first-order valence-corrected chi connectivity index (χ1v) is 10.8. The van der Waals surface area contributed by atoms with E-state index in [4.69, 9.17) is 0 Å². The van der Waals surface area contributed by atoms with Crippen molar-refractivity contribution < 1.29 is 9.59 Å². The van der Waals surface area contributed by atoms with Crippen LogP contribution in [0.15, 0.2) is 24.3 Å². The molecule has 1 aromatic rings. The molecule has 0 spiro atoms. The van der Waals surface area contributed by atoms with Gasteiger partial charge in [0.25, 0.3) is 0 Å². The minimum atomic E-state index is -0.335. The van der Waals surface area contributed by atoms with Crippen LogP contribution in [0.5, 0.6) is 0 Å². The Morgan fingerprint density at radius 3 is 3.00 bits per heavy atom. The monoisotopic (exact) mass is 362 g/mol. The lowest BCUT2D eigenvalue weighted by Crippen LogP contribution is -2.49. The highest BCUT2D eigenvalue weighted by Gasteiger charge is 2.41. The van der Waals surface area contributed by atoms with E-state index in [1.165, 1.54) is 11.1 Å². The van der Waals surface area contributed by atoms with Gasteiger partial charge in [0.15, 0.2) is 0 Å². The number of nitrogens with one attached hydrogen (secondary N) is 1. The van der Waals surface area contributed by atoms with Gasteiger partial charge in [0.05, 0.1) is 11.1 Å². The number of fused-ring (bicyclic) bond motifs is 1. The minimum Gasteiger partial charge on any atom is -0.331 e. The lowest BCUT2D eigenvalue weighted by molar-refractivity contribution is -0.133. The highest BCUT2D eigenvalue weighted by atomic mass is 32.2. The molecule has 0 aromatic heterocycles. The topological polar surface area (TPSA) is 49.4 Å². The summed E-state index contributed by atoms with van der Waals surface area (Å²) in [4.78, 5) is 27.5. The summed E-state index contributed by atoms with van der Waals surface area (Å²) >= 11 is 3.38. The van der Waals surface area contributed by atoms with Crippen molar-refractivity contribution in [3.8, 4) is 0 Å². The van der Waals surface area contributed by atoms with Crippen molar-refractivity contribution >= 4 is 35.2 Å². The van der Waals surface area contributed by atoms with E-state index < -0.39 is 0 Å². The molecule has 24 heavy (non-hydrogen) atoms. The number of benzene rings is 1. The molecule has 0 radical (unpaired) electrons. The second-order valence-corrected chi connectivity index (χ2v) is 8.86. The normalized spacial score (nSPS) is 29.0. The number of thioether (sulfide) groups is 2. The first-order chi connectivity index (χ1) is 11.7. The van der Waals surface area contributed by atoms with Crippen LogP contribution >= 0.6 is 23.5 Å². The number of ketones is 1. The number of Topliss-reactive ketones (excluding diaryl/α,β-unsaturated/α-hetero) is 1. The SMILES string of the molecule is O=C(CC1CCc2ccccc21)C1SCNC1C(=O)N1CCSC1. The Balaban J connectivity index is 1.43. The van der Waals surface area contributed by atoms with Gasteiger partial charge < -0.3 is 4.90 Å².